The summed E-state index contributed by atoms with van der Waals surface area (Å²) in [5, 5.41) is 11.1. The molecule has 2 saturated carbocycles. The molecule has 0 aromatic carbocycles. The van der Waals surface area contributed by atoms with Gasteiger partial charge in [0.1, 0.15) is 11.6 Å². The maximum Gasteiger partial charge on any atom is 0.188 e. The Bertz CT molecular complexity index is 1370. The van der Waals surface area contributed by atoms with E-state index >= 15 is 0 Å². The van der Waals surface area contributed by atoms with Crippen molar-refractivity contribution in [1.82, 2.24) is 30.2 Å². The molecule has 0 bridgehead atoms. The largest absolute Gasteiger partial charge is 0.353 e. The number of hydrogen-bond acceptors (Lipinski definition) is 9. The van der Waals surface area contributed by atoms with E-state index in [0.717, 1.165) is 54.0 Å². The Kier molecular flexibility index (Phi) is 5.32. The fourth-order valence-corrected chi connectivity index (χ4v) is 5.81. The number of pyridine rings is 2. The molecule has 9 heteroatoms. The van der Waals surface area contributed by atoms with Crippen molar-refractivity contribution in [2.45, 2.75) is 43.9 Å². The van der Waals surface area contributed by atoms with E-state index < -0.39 is 0 Å². The normalized spacial score (nSPS) is 18.6. The molecule has 2 N–H and O–H groups in total. The van der Waals surface area contributed by atoms with Crippen molar-refractivity contribution in [3.63, 3.8) is 0 Å². The van der Waals surface area contributed by atoms with E-state index in [-0.39, 0.29) is 0 Å². The number of fused-ring (bicyclic) bond motifs is 1. The third-order valence-electron chi connectivity index (χ3n) is 7.35. The van der Waals surface area contributed by atoms with Gasteiger partial charge in [-0.05, 0) is 49.3 Å². The zero-order valence-electron chi connectivity index (χ0n) is 19.6. The highest BCUT2D eigenvalue weighted by molar-refractivity contribution is 7.13. The monoisotopic (exact) mass is 484 g/mol. The number of rotatable bonds is 6. The first-order valence-electron chi connectivity index (χ1n) is 12.6. The van der Waals surface area contributed by atoms with Crippen LogP contribution in [0, 0.1) is 0 Å². The van der Waals surface area contributed by atoms with Gasteiger partial charge < -0.3 is 15.5 Å². The predicted molar refractivity (Wildman–Crippen MR) is 140 cm³/mol. The highest BCUT2D eigenvalue weighted by atomic mass is 32.1. The third-order valence-corrected chi connectivity index (χ3v) is 8.13. The third kappa shape index (κ3) is 4.12. The Labute approximate surface area is 208 Å². The molecular weight excluding hydrogens is 456 g/mol. The molecule has 2 aliphatic carbocycles. The van der Waals surface area contributed by atoms with Crippen LogP contribution in [0.25, 0.3) is 22.3 Å². The van der Waals surface area contributed by atoms with Gasteiger partial charge in [0.05, 0.1) is 17.4 Å². The Morgan fingerprint density at radius 3 is 2.69 bits per heavy atom. The molecule has 0 amide bonds. The average Bonchev–Trinajstić information content (AvgIpc) is 3.62. The molecule has 35 heavy (non-hydrogen) atoms. The number of anilines is 3. The summed E-state index contributed by atoms with van der Waals surface area (Å²) in [7, 11) is 0. The fourth-order valence-electron chi connectivity index (χ4n) is 5.01. The Morgan fingerprint density at radius 2 is 1.89 bits per heavy atom. The van der Waals surface area contributed by atoms with Gasteiger partial charge in [-0.2, -0.15) is 0 Å². The van der Waals surface area contributed by atoms with E-state index in [2.05, 4.69) is 30.9 Å². The fraction of sp³-hybridized carbons (Fsp3) is 0.423. The van der Waals surface area contributed by atoms with Gasteiger partial charge in [-0.1, -0.05) is 6.42 Å². The topological polar surface area (TPSA) is 91.8 Å². The van der Waals surface area contributed by atoms with Gasteiger partial charge in [-0.3, -0.25) is 4.98 Å². The van der Waals surface area contributed by atoms with Gasteiger partial charge in [0.25, 0.3) is 0 Å². The molecule has 0 radical (unpaired) electrons. The maximum absolute atomic E-state index is 5.17. The molecule has 3 aliphatic rings. The van der Waals surface area contributed by atoms with Crippen molar-refractivity contribution < 1.29 is 0 Å². The maximum atomic E-state index is 5.17. The van der Waals surface area contributed by atoms with Crippen LogP contribution in [0.1, 0.15) is 55.2 Å². The summed E-state index contributed by atoms with van der Waals surface area (Å²) in [5.74, 6) is 3.72. The van der Waals surface area contributed by atoms with E-state index in [9.17, 15) is 0 Å². The molecule has 4 aromatic rings. The summed E-state index contributed by atoms with van der Waals surface area (Å²) >= 11 is 1.64. The lowest BCUT2D eigenvalue weighted by Gasteiger charge is -2.32. The van der Waals surface area contributed by atoms with Crippen LogP contribution in [0.5, 0.6) is 0 Å². The number of hydrogen-bond donors (Lipinski definition) is 2. The minimum atomic E-state index is 0.567. The second-order valence-corrected chi connectivity index (χ2v) is 10.6. The Morgan fingerprint density at radius 1 is 1.00 bits per heavy atom. The van der Waals surface area contributed by atoms with Crippen LogP contribution in [0.4, 0.5) is 16.8 Å². The standard InChI is InChI=1S/C26H28N8S/c1-2-16(3-1)19-13-28-14-20-23(19)25(34-10-8-27-9-11-34)33-24(30-20)18-6-7-29-22(12-18)32-26-31-21(15-35-26)17-4-5-17/h6-7,12-17,27H,1-5,8-11H2,(H,29,31,32). The van der Waals surface area contributed by atoms with Gasteiger partial charge in [0.2, 0.25) is 0 Å². The number of piperazine rings is 1. The quantitative estimate of drug-likeness (QED) is 0.402. The van der Waals surface area contributed by atoms with Gasteiger partial charge >= 0.3 is 0 Å². The van der Waals surface area contributed by atoms with E-state index in [1.807, 2.05) is 30.7 Å². The van der Waals surface area contributed by atoms with E-state index in [4.69, 9.17) is 15.0 Å². The molecule has 0 unspecified atom stereocenters. The SMILES string of the molecule is c1cc(-c2nc(N3CCNCC3)c3c(C4CCC4)cncc3n2)cc(Nc2nc(C3CC3)cs2)n1. The van der Waals surface area contributed by atoms with Gasteiger partial charge in [0, 0.05) is 60.8 Å². The molecule has 8 nitrogen and oxygen atoms in total. The van der Waals surface area contributed by atoms with Crippen LogP contribution in [0.15, 0.2) is 36.1 Å². The van der Waals surface area contributed by atoms with Crippen molar-refractivity contribution in [1.29, 1.82) is 0 Å². The smallest absolute Gasteiger partial charge is 0.188 e. The summed E-state index contributed by atoms with van der Waals surface area (Å²) in [6, 6.07) is 4.00. The van der Waals surface area contributed by atoms with E-state index in [1.165, 1.54) is 48.7 Å². The second kappa shape index (κ2) is 8.80. The van der Waals surface area contributed by atoms with Crippen molar-refractivity contribution >= 4 is 39.0 Å². The van der Waals surface area contributed by atoms with Crippen LogP contribution < -0.4 is 15.5 Å². The number of nitrogens with zero attached hydrogens (tertiary/aromatic N) is 6. The van der Waals surface area contributed by atoms with Crippen molar-refractivity contribution in [2.75, 3.05) is 36.4 Å². The van der Waals surface area contributed by atoms with E-state index in [0.29, 0.717) is 17.7 Å². The first kappa shape index (κ1) is 21.1. The summed E-state index contributed by atoms with van der Waals surface area (Å²) in [6.45, 7) is 3.80. The lowest BCUT2D eigenvalue weighted by atomic mass is 9.79. The van der Waals surface area contributed by atoms with Crippen molar-refractivity contribution in [2.24, 2.45) is 0 Å². The minimum absolute atomic E-state index is 0.567. The first-order valence-corrected chi connectivity index (χ1v) is 13.5. The van der Waals surface area contributed by atoms with Crippen LogP contribution in [-0.4, -0.2) is 51.1 Å². The first-order chi connectivity index (χ1) is 17.3. The molecule has 1 aliphatic heterocycles. The Hall–Kier alpha value is -3.17. The highest BCUT2D eigenvalue weighted by Gasteiger charge is 2.27. The van der Waals surface area contributed by atoms with Crippen molar-refractivity contribution in [3.05, 3.63) is 47.4 Å². The van der Waals surface area contributed by atoms with Crippen LogP contribution in [-0.2, 0) is 0 Å². The molecular formula is C26H28N8S. The minimum Gasteiger partial charge on any atom is -0.353 e. The average molecular weight is 485 g/mol. The molecule has 0 atom stereocenters. The van der Waals surface area contributed by atoms with Gasteiger partial charge in [-0.25, -0.2) is 19.9 Å². The lowest BCUT2D eigenvalue weighted by Crippen LogP contribution is -2.44. The zero-order chi connectivity index (χ0) is 23.2. The van der Waals surface area contributed by atoms with E-state index in [1.54, 1.807) is 11.3 Å². The summed E-state index contributed by atoms with van der Waals surface area (Å²) < 4.78 is 0. The number of nitrogens with one attached hydrogen (secondary N) is 2. The predicted octanol–water partition coefficient (Wildman–Crippen LogP) is 4.84. The highest BCUT2D eigenvalue weighted by Crippen LogP contribution is 2.42. The molecule has 5 heterocycles. The lowest BCUT2D eigenvalue weighted by molar-refractivity contribution is 0.421. The zero-order valence-corrected chi connectivity index (χ0v) is 20.4. The molecule has 4 aromatic heterocycles. The summed E-state index contributed by atoms with van der Waals surface area (Å²) in [6.07, 6.45) is 12.0. The Balaban J connectivity index is 1.28. The molecule has 1 saturated heterocycles. The van der Waals surface area contributed by atoms with Crippen molar-refractivity contribution in [3.8, 4) is 11.4 Å². The molecule has 3 fully saturated rings. The summed E-state index contributed by atoms with van der Waals surface area (Å²) in [5.41, 5.74) is 4.37. The van der Waals surface area contributed by atoms with Crippen LogP contribution in [0.2, 0.25) is 0 Å². The molecule has 0 spiro atoms. The van der Waals surface area contributed by atoms with Crippen LogP contribution >= 0.6 is 11.3 Å². The number of aromatic nitrogens is 5. The second-order valence-electron chi connectivity index (χ2n) is 9.77. The summed E-state index contributed by atoms with van der Waals surface area (Å²) in [4.78, 5) is 26.4. The number of thiazole rings is 1. The van der Waals surface area contributed by atoms with Gasteiger partial charge in [-0.15, -0.1) is 11.3 Å². The molecule has 7 rings (SSSR count). The van der Waals surface area contributed by atoms with Crippen LogP contribution in [0.3, 0.4) is 0 Å². The van der Waals surface area contributed by atoms with Gasteiger partial charge in [0.15, 0.2) is 11.0 Å². The molecule has 178 valence electrons.